The van der Waals surface area contributed by atoms with E-state index in [0.29, 0.717) is 42.7 Å². The van der Waals surface area contributed by atoms with E-state index in [1.54, 1.807) is 101 Å². The Morgan fingerprint density at radius 1 is 0.683 bits per heavy atom. The lowest BCUT2D eigenvalue weighted by molar-refractivity contribution is -0.192. The number of likely N-dealkylation sites (N-methyl/N-ethyl adjacent to an activating group) is 2. The summed E-state index contributed by atoms with van der Waals surface area (Å²) in [5.41, 5.74) is 7.44. The quantitative estimate of drug-likeness (QED) is 0.0152. The van der Waals surface area contributed by atoms with Crippen LogP contribution in [0.5, 0.6) is 0 Å². The van der Waals surface area contributed by atoms with Gasteiger partial charge in [-0.3, -0.25) is 39.0 Å². The van der Waals surface area contributed by atoms with Crippen molar-refractivity contribution in [2.75, 3.05) is 59.1 Å². The van der Waals surface area contributed by atoms with Gasteiger partial charge in [0.15, 0.2) is 0 Å². The van der Waals surface area contributed by atoms with Crippen molar-refractivity contribution >= 4 is 77.0 Å². The van der Waals surface area contributed by atoms with E-state index in [9.17, 15) is 61.1 Å². The fourth-order valence-corrected chi connectivity index (χ4v) is 12.1. The number of carbonyl (C=O) groups excluding carboxylic acids is 10. The van der Waals surface area contributed by atoms with E-state index in [-0.39, 0.29) is 86.8 Å². The molecular weight excluding hydrogens is 1360 g/mol. The number of rotatable bonds is 36. The minimum Gasteiger partial charge on any atom is -0.475 e. The molecule has 1 fully saturated rings. The Kier molecular flexibility index (Phi) is 36.5. The van der Waals surface area contributed by atoms with Crippen LogP contribution in [0.3, 0.4) is 0 Å². The highest BCUT2D eigenvalue weighted by Gasteiger charge is 2.44. The number of hydrogen-bond acceptors (Lipinski definition) is 17. The molecule has 104 heavy (non-hydrogen) atoms. The predicted molar refractivity (Wildman–Crippen MR) is 383 cm³/mol. The van der Waals surface area contributed by atoms with Crippen molar-refractivity contribution in [1.29, 1.82) is 0 Å². The molecule has 11 atom stereocenters. The lowest BCUT2D eigenvalue weighted by Crippen LogP contribution is -2.60. The number of alkyl carbamates (subject to hydrolysis) is 1. The van der Waals surface area contributed by atoms with Crippen molar-refractivity contribution in [2.45, 2.75) is 207 Å². The number of primary amides is 1. The van der Waals surface area contributed by atoms with Crippen LogP contribution in [0.25, 0.3) is 0 Å². The van der Waals surface area contributed by atoms with Gasteiger partial charge >= 0.3 is 36.3 Å². The average molecular weight is 1470 g/mol. The summed E-state index contributed by atoms with van der Waals surface area (Å²) in [6, 6.07) is 16.4. The third-order valence-electron chi connectivity index (χ3n) is 17.6. The number of anilines is 2. The fraction of sp³-hybridized carbons (Fsp3) is 0.603. The van der Waals surface area contributed by atoms with E-state index in [0.717, 1.165) is 11.1 Å². The van der Waals surface area contributed by atoms with Crippen LogP contribution in [0.1, 0.15) is 138 Å². The molecule has 4 rings (SSSR count). The molecule has 0 aliphatic carbocycles. The molecule has 28 nitrogen and oxygen atoms in total. The van der Waals surface area contributed by atoms with Gasteiger partial charge in [-0.2, -0.15) is 13.2 Å². The summed E-state index contributed by atoms with van der Waals surface area (Å²) in [4.78, 5) is 149. The van der Waals surface area contributed by atoms with Crippen LogP contribution in [0.4, 0.5) is 38.9 Å². The number of esters is 1. The van der Waals surface area contributed by atoms with E-state index in [1.165, 1.54) is 21.3 Å². The number of halogens is 3. The Bertz CT molecular complexity index is 3300. The number of ether oxygens (including phenoxy) is 5. The number of amides is 10. The van der Waals surface area contributed by atoms with Gasteiger partial charge in [0.05, 0.1) is 49.8 Å². The molecule has 10 amide bonds. The van der Waals surface area contributed by atoms with E-state index in [2.05, 4.69) is 37.2 Å². The molecular formula is C73H110F3N11O17. The molecule has 3 aromatic rings. The number of nitrogens with two attached hydrogens (primary N) is 1. The molecule has 3 aromatic carbocycles. The Morgan fingerprint density at radius 3 is 1.83 bits per heavy atom. The van der Waals surface area contributed by atoms with Gasteiger partial charge in [0.25, 0.3) is 0 Å². The number of urea groups is 1. The van der Waals surface area contributed by atoms with Crippen molar-refractivity contribution in [3.05, 3.63) is 95.6 Å². The smallest absolute Gasteiger partial charge is 0.475 e. The number of carbonyl (C=O) groups is 11. The van der Waals surface area contributed by atoms with Crippen molar-refractivity contribution in [3.8, 4) is 0 Å². The van der Waals surface area contributed by atoms with Crippen molar-refractivity contribution in [2.24, 2.45) is 35.3 Å². The second kappa shape index (κ2) is 42.6. The summed E-state index contributed by atoms with van der Waals surface area (Å²) in [7, 11) is 7.79. The molecule has 1 aliphatic heterocycles. The lowest BCUT2D eigenvalue weighted by atomic mass is 9.89. The molecule has 0 bridgehead atoms. The van der Waals surface area contributed by atoms with E-state index in [1.807, 2.05) is 89.9 Å². The maximum absolute atomic E-state index is 14.9. The monoisotopic (exact) mass is 1470 g/mol. The number of nitrogens with one attached hydrogen (secondary N) is 7. The number of hydrogen-bond donors (Lipinski definition) is 9. The summed E-state index contributed by atoms with van der Waals surface area (Å²) in [5.74, 6) is -7.69. The van der Waals surface area contributed by atoms with Gasteiger partial charge < -0.3 is 76.2 Å². The molecule has 31 heteroatoms. The summed E-state index contributed by atoms with van der Waals surface area (Å²) < 4.78 is 59.8. The first-order valence-electron chi connectivity index (χ1n) is 34.8. The lowest BCUT2D eigenvalue weighted by Gasteiger charge is -2.41. The Labute approximate surface area is 608 Å². The summed E-state index contributed by atoms with van der Waals surface area (Å²) in [6.07, 6.45) is -5.65. The maximum Gasteiger partial charge on any atom is 0.490 e. The molecule has 0 radical (unpaired) electrons. The maximum atomic E-state index is 14.9. The van der Waals surface area contributed by atoms with Crippen LogP contribution in [-0.4, -0.2) is 200 Å². The summed E-state index contributed by atoms with van der Waals surface area (Å²) >= 11 is 0. The normalized spacial score (nSPS) is 15.9. The topological polar surface area (TPSA) is 374 Å². The van der Waals surface area contributed by atoms with Crippen LogP contribution < -0.4 is 43.0 Å². The number of carboxylic acids is 1. The molecule has 1 aliphatic rings. The zero-order chi connectivity index (χ0) is 78.5. The molecule has 0 saturated carbocycles. The first-order valence-corrected chi connectivity index (χ1v) is 34.8. The van der Waals surface area contributed by atoms with Gasteiger partial charge in [-0.25, -0.2) is 24.0 Å². The first kappa shape index (κ1) is 89.1. The highest BCUT2D eigenvalue weighted by molar-refractivity contribution is 5.98. The highest BCUT2D eigenvalue weighted by atomic mass is 19.4. The van der Waals surface area contributed by atoms with Crippen LogP contribution in [0.15, 0.2) is 78.9 Å². The number of carboxylic acid groups (broad SMARTS) is 1. The second-order valence-corrected chi connectivity index (χ2v) is 28.0. The Hall–Kier alpha value is -9.10. The van der Waals surface area contributed by atoms with E-state index >= 15 is 0 Å². The second-order valence-electron chi connectivity index (χ2n) is 28.0. The van der Waals surface area contributed by atoms with Crippen LogP contribution in [0, 0.1) is 29.6 Å². The van der Waals surface area contributed by atoms with Crippen molar-refractivity contribution in [3.63, 3.8) is 0 Å². The molecule has 0 spiro atoms. The standard InChI is InChI=1S/C71H109N11O15.C2HF3O2/c1-18-45(8)60(55(93-15)39-56(83)82-36-24-30-54(82)61(94-16)46(9)62(84)77-53(67(89)95-17)38-47-25-20-19-21-26-47)81(14)66(88)58(43(4)5)78-65(87)59(44(6)7)80(13)40-49-27-22-28-51(37-49)75-69(91)96-41-48-31-33-50(34-32-48)74-63(85)52(29-23-35-73-68(72)90)76-64(86)57(42(2)3)79-70(92)97-71(10,11)12;3-2(4,5)1(6)7/h19-22,25-28,31-34,37,42-46,52-55,57-61H,18,23-24,29-30,35-36,38-41H2,1-17H3,(H,74,85)(H,75,91)(H,76,86)(H,77,84)(H,78,87)(H,79,92)(H3,72,73,90);(H,6,7)/t45-,46+,52-,53-,54-,55+,57-,58-,59-,60-,61+;/m0./s1. The molecule has 10 N–H and O–H groups in total. The number of alkyl halides is 3. The number of nitrogens with zero attached hydrogens (tertiary/aromatic N) is 3. The van der Waals surface area contributed by atoms with Gasteiger partial charge in [-0.05, 0) is 118 Å². The first-order chi connectivity index (χ1) is 48.7. The van der Waals surface area contributed by atoms with Gasteiger partial charge in [-0.15, -0.1) is 0 Å². The molecule has 1 heterocycles. The number of aliphatic carboxylic acids is 1. The largest absolute Gasteiger partial charge is 0.490 e. The number of benzene rings is 3. The zero-order valence-electron chi connectivity index (χ0n) is 62.9. The van der Waals surface area contributed by atoms with Crippen LogP contribution in [-0.2, 0) is 81.6 Å². The average Bonchev–Trinajstić information content (AvgIpc) is 1.34. The Balaban J connectivity index is 0.00000380. The van der Waals surface area contributed by atoms with Crippen LogP contribution >= 0.6 is 0 Å². The minimum absolute atomic E-state index is 0.0785. The highest BCUT2D eigenvalue weighted by Crippen LogP contribution is 2.31. The van der Waals surface area contributed by atoms with Crippen LogP contribution in [0.2, 0.25) is 0 Å². The SMILES string of the molecule is CC[C@H](C)[C@@H]([C@@H](CC(=O)N1CCC[C@H]1[C@H](OC)[C@@H](C)C(=O)N[C@@H](Cc1ccccc1)C(=O)OC)OC)N(C)C(=O)[C@@H](NC(=O)[C@H](C(C)C)N(C)Cc1cccc(NC(=O)OCc2ccc(NC(=O)[C@H](CCCNC(N)=O)NC(=O)[C@@H](NC(=O)OC(C)(C)C)C(C)C)cc2)c1)C(C)C.O=C(O)C(F)(F)F. The minimum atomic E-state index is -5.08. The predicted octanol–water partition coefficient (Wildman–Crippen LogP) is 7.91. The third-order valence-corrected chi connectivity index (χ3v) is 17.6. The number of methoxy groups -OCH3 is 3. The molecule has 0 aromatic heterocycles. The number of likely N-dealkylation sites (tertiary alicyclic amines) is 1. The molecule has 0 unspecified atom stereocenters. The Morgan fingerprint density at radius 2 is 1.29 bits per heavy atom. The van der Waals surface area contributed by atoms with Gasteiger partial charge in [0.1, 0.15) is 36.4 Å². The molecule has 1 saturated heterocycles. The third kappa shape index (κ3) is 29.2. The van der Waals surface area contributed by atoms with Crippen molar-refractivity contribution in [1.82, 2.24) is 41.3 Å². The van der Waals surface area contributed by atoms with Gasteiger partial charge in [0, 0.05) is 58.7 Å². The van der Waals surface area contributed by atoms with Crippen molar-refractivity contribution < 1.29 is 94.7 Å². The molecule has 580 valence electrons. The fourth-order valence-electron chi connectivity index (χ4n) is 12.1. The van der Waals surface area contributed by atoms with Gasteiger partial charge in [-0.1, -0.05) is 123 Å². The van der Waals surface area contributed by atoms with E-state index in [4.69, 9.17) is 39.3 Å². The summed E-state index contributed by atoms with van der Waals surface area (Å²) in [5, 5.41) is 26.4. The van der Waals surface area contributed by atoms with Gasteiger partial charge in [0.2, 0.25) is 35.4 Å². The summed E-state index contributed by atoms with van der Waals surface area (Å²) in [6.45, 7) is 22.6. The zero-order valence-corrected chi connectivity index (χ0v) is 62.9. The van der Waals surface area contributed by atoms with E-state index < -0.39 is 120 Å².